The Morgan fingerprint density at radius 1 is 1.14 bits per heavy atom. The SMILES string of the molecule is Cc1cccc(-c2ncccc2O)n1. The number of aryl methyl sites for hydroxylation is 1. The molecule has 0 aliphatic rings. The van der Waals surface area contributed by atoms with Gasteiger partial charge in [0.05, 0.1) is 5.69 Å². The molecule has 2 rings (SSSR count). The molecule has 0 unspecified atom stereocenters. The lowest BCUT2D eigenvalue weighted by atomic mass is 10.2. The monoisotopic (exact) mass is 186 g/mol. The molecular formula is C11H10N2O. The number of aromatic hydroxyl groups is 1. The summed E-state index contributed by atoms with van der Waals surface area (Å²) in [6, 6.07) is 8.92. The first-order valence-corrected chi connectivity index (χ1v) is 4.35. The number of nitrogens with zero attached hydrogens (tertiary/aromatic N) is 2. The highest BCUT2D eigenvalue weighted by molar-refractivity contribution is 5.61. The molecule has 0 spiro atoms. The lowest BCUT2D eigenvalue weighted by molar-refractivity contribution is 0.475. The highest BCUT2D eigenvalue weighted by Crippen LogP contribution is 2.23. The van der Waals surface area contributed by atoms with E-state index in [4.69, 9.17) is 0 Å². The molecule has 2 aromatic rings. The number of hydrogen-bond donors (Lipinski definition) is 1. The fourth-order valence-corrected chi connectivity index (χ4v) is 1.27. The lowest BCUT2D eigenvalue weighted by Crippen LogP contribution is -1.89. The summed E-state index contributed by atoms with van der Waals surface area (Å²) in [7, 11) is 0. The van der Waals surface area contributed by atoms with Crippen LogP contribution in [0.25, 0.3) is 11.4 Å². The topological polar surface area (TPSA) is 46.0 Å². The Balaban J connectivity index is 2.55. The van der Waals surface area contributed by atoms with Crippen molar-refractivity contribution in [2.45, 2.75) is 6.92 Å². The Kier molecular flexibility index (Phi) is 2.14. The fraction of sp³-hybridized carbons (Fsp3) is 0.0909. The summed E-state index contributed by atoms with van der Waals surface area (Å²) in [6.45, 7) is 1.91. The van der Waals surface area contributed by atoms with Crippen molar-refractivity contribution in [3.05, 3.63) is 42.2 Å². The summed E-state index contributed by atoms with van der Waals surface area (Å²) in [4.78, 5) is 8.36. The molecule has 14 heavy (non-hydrogen) atoms. The first-order chi connectivity index (χ1) is 6.77. The van der Waals surface area contributed by atoms with Crippen molar-refractivity contribution in [3.8, 4) is 17.1 Å². The third-order valence-corrected chi connectivity index (χ3v) is 1.92. The van der Waals surface area contributed by atoms with Crippen molar-refractivity contribution >= 4 is 0 Å². The minimum atomic E-state index is 0.158. The molecule has 0 aliphatic carbocycles. The van der Waals surface area contributed by atoms with Crippen LogP contribution >= 0.6 is 0 Å². The molecule has 0 amide bonds. The van der Waals surface area contributed by atoms with E-state index in [1.165, 1.54) is 0 Å². The predicted molar refractivity (Wildman–Crippen MR) is 53.9 cm³/mol. The second-order valence-electron chi connectivity index (χ2n) is 3.04. The van der Waals surface area contributed by atoms with Crippen LogP contribution in [0.4, 0.5) is 0 Å². The van der Waals surface area contributed by atoms with E-state index >= 15 is 0 Å². The van der Waals surface area contributed by atoms with Crippen molar-refractivity contribution in [1.82, 2.24) is 9.97 Å². The Morgan fingerprint density at radius 2 is 2.00 bits per heavy atom. The van der Waals surface area contributed by atoms with Crippen molar-refractivity contribution in [2.75, 3.05) is 0 Å². The molecule has 0 fully saturated rings. The molecule has 0 atom stereocenters. The third kappa shape index (κ3) is 1.57. The van der Waals surface area contributed by atoms with E-state index in [1.807, 2.05) is 25.1 Å². The molecular weight excluding hydrogens is 176 g/mol. The zero-order valence-electron chi connectivity index (χ0n) is 7.81. The quantitative estimate of drug-likeness (QED) is 0.742. The van der Waals surface area contributed by atoms with Gasteiger partial charge < -0.3 is 5.11 Å². The molecule has 2 aromatic heterocycles. The average Bonchev–Trinajstić information content (AvgIpc) is 2.18. The van der Waals surface area contributed by atoms with Crippen LogP contribution in [-0.4, -0.2) is 15.1 Å². The van der Waals surface area contributed by atoms with Crippen molar-refractivity contribution in [3.63, 3.8) is 0 Å². The van der Waals surface area contributed by atoms with Gasteiger partial charge in [0.1, 0.15) is 11.4 Å². The second kappa shape index (κ2) is 3.46. The molecule has 0 aliphatic heterocycles. The highest BCUT2D eigenvalue weighted by Gasteiger charge is 2.05. The van der Waals surface area contributed by atoms with E-state index in [9.17, 15) is 5.11 Å². The maximum absolute atomic E-state index is 9.55. The standard InChI is InChI=1S/C11H10N2O/c1-8-4-2-5-9(13-8)11-10(14)6-3-7-12-11/h2-7,14H,1H3. The molecule has 70 valence electrons. The second-order valence-corrected chi connectivity index (χ2v) is 3.04. The van der Waals surface area contributed by atoms with Gasteiger partial charge in [0, 0.05) is 11.9 Å². The van der Waals surface area contributed by atoms with Gasteiger partial charge in [0.15, 0.2) is 0 Å². The van der Waals surface area contributed by atoms with Crippen molar-refractivity contribution < 1.29 is 5.11 Å². The number of aromatic nitrogens is 2. The first-order valence-electron chi connectivity index (χ1n) is 4.35. The van der Waals surface area contributed by atoms with Gasteiger partial charge >= 0.3 is 0 Å². The Labute approximate surface area is 82.1 Å². The van der Waals surface area contributed by atoms with E-state index in [0.29, 0.717) is 11.4 Å². The van der Waals surface area contributed by atoms with Gasteiger partial charge in [-0.15, -0.1) is 0 Å². The smallest absolute Gasteiger partial charge is 0.143 e. The zero-order valence-corrected chi connectivity index (χ0v) is 7.81. The van der Waals surface area contributed by atoms with E-state index in [2.05, 4.69) is 9.97 Å². The molecule has 2 heterocycles. The predicted octanol–water partition coefficient (Wildman–Crippen LogP) is 2.16. The van der Waals surface area contributed by atoms with Crippen LogP contribution in [0.5, 0.6) is 5.75 Å². The van der Waals surface area contributed by atoms with E-state index in [-0.39, 0.29) is 5.75 Å². The summed E-state index contributed by atoms with van der Waals surface area (Å²) in [5.74, 6) is 0.158. The van der Waals surface area contributed by atoms with Crippen LogP contribution < -0.4 is 0 Å². The average molecular weight is 186 g/mol. The van der Waals surface area contributed by atoms with Crippen molar-refractivity contribution in [1.29, 1.82) is 0 Å². The minimum absolute atomic E-state index is 0.158. The number of rotatable bonds is 1. The Hall–Kier alpha value is -1.90. The number of pyridine rings is 2. The van der Waals surface area contributed by atoms with Crippen LogP contribution in [-0.2, 0) is 0 Å². The third-order valence-electron chi connectivity index (χ3n) is 1.92. The molecule has 0 aromatic carbocycles. The summed E-state index contributed by atoms with van der Waals surface area (Å²) in [6.07, 6.45) is 1.64. The van der Waals surface area contributed by atoms with Crippen molar-refractivity contribution in [2.24, 2.45) is 0 Å². The van der Waals surface area contributed by atoms with Gasteiger partial charge in [-0.1, -0.05) is 6.07 Å². The van der Waals surface area contributed by atoms with E-state index in [1.54, 1.807) is 18.3 Å². The summed E-state index contributed by atoms with van der Waals surface area (Å²) < 4.78 is 0. The molecule has 1 N–H and O–H groups in total. The highest BCUT2D eigenvalue weighted by atomic mass is 16.3. The van der Waals surface area contributed by atoms with Gasteiger partial charge in [0.2, 0.25) is 0 Å². The maximum Gasteiger partial charge on any atom is 0.143 e. The molecule has 0 radical (unpaired) electrons. The zero-order chi connectivity index (χ0) is 9.97. The van der Waals surface area contributed by atoms with Gasteiger partial charge in [-0.25, -0.2) is 0 Å². The maximum atomic E-state index is 9.55. The Bertz CT molecular complexity index is 455. The van der Waals surface area contributed by atoms with Crippen LogP contribution in [0, 0.1) is 6.92 Å². The van der Waals surface area contributed by atoms with Crippen LogP contribution in [0.15, 0.2) is 36.5 Å². The van der Waals surface area contributed by atoms with E-state index < -0.39 is 0 Å². The first kappa shape index (κ1) is 8.69. The molecule has 0 bridgehead atoms. The van der Waals surface area contributed by atoms with Crippen LogP contribution in [0.3, 0.4) is 0 Å². The van der Waals surface area contributed by atoms with Gasteiger partial charge in [-0.2, -0.15) is 0 Å². The largest absolute Gasteiger partial charge is 0.506 e. The van der Waals surface area contributed by atoms with Gasteiger partial charge in [-0.3, -0.25) is 9.97 Å². The Morgan fingerprint density at radius 3 is 2.71 bits per heavy atom. The molecule has 3 heteroatoms. The van der Waals surface area contributed by atoms with Crippen LogP contribution in [0.2, 0.25) is 0 Å². The van der Waals surface area contributed by atoms with E-state index in [0.717, 1.165) is 5.69 Å². The lowest BCUT2D eigenvalue weighted by Gasteiger charge is -2.02. The van der Waals surface area contributed by atoms with Crippen LogP contribution in [0.1, 0.15) is 5.69 Å². The van der Waals surface area contributed by atoms with Gasteiger partial charge in [0.25, 0.3) is 0 Å². The minimum Gasteiger partial charge on any atom is -0.506 e. The molecule has 0 saturated heterocycles. The van der Waals surface area contributed by atoms with Gasteiger partial charge in [-0.05, 0) is 31.2 Å². The normalized spacial score (nSPS) is 10.1. The molecule has 3 nitrogen and oxygen atoms in total. The summed E-state index contributed by atoms with van der Waals surface area (Å²) >= 11 is 0. The molecule has 0 saturated carbocycles. The summed E-state index contributed by atoms with van der Waals surface area (Å²) in [5, 5.41) is 9.55. The fourth-order valence-electron chi connectivity index (χ4n) is 1.27. The summed E-state index contributed by atoms with van der Waals surface area (Å²) in [5.41, 5.74) is 2.13. The number of hydrogen-bond acceptors (Lipinski definition) is 3.